The Hall–Kier alpha value is -0.840. The van der Waals surface area contributed by atoms with Gasteiger partial charge in [-0.2, -0.15) is 0 Å². The molecule has 2 nitrogen and oxygen atoms in total. The predicted molar refractivity (Wildman–Crippen MR) is 95.7 cm³/mol. The van der Waals surface area contributed by atoms with Crippen LogP contribution in [0.3, 0.4) is 0 Å². The molecule has 4 heteroatoms. The van der Waals surface area contributed by atoms with Crippen LogP contribution in [0.2, 0.25) is 0 Å². The average Bonchev–Trinajstić information content (AvgIpc) is 2.50. The van der Waals surface area contributed by atoms with Gasteiger partial charge in [0.2, 0.25) is 0 Å². The average molecular weight is 410 g/mol. The lowest BCUT2D eigenvalue weighted by Gasteiger charge is -2.39. The van der Waals surface area contributed by atoms with Gasteiger partial charge in [-0.1, -0.05) is 37.9 Å². The van der Waals surface area contributed by atoms with E-state index in [1.54, 1.807) is 0 Å². The molecule has 2 aromatic rings. The van der Waals surface area contributed by atoms with Gasteiger partial charge in [-0.25, -0.2) is 0 Å². The lowest BCUT2D eigenvalue weighted by atomic mass is 9.77. The van der Waals surface area contributed by atoms with E-state index in [1.807, 2.05) is 0 Å². The van der Waals surface area contributed by atoms with Crippen molar-refractivity contribution in [2.45, 2.75) is 24.8 Å². The van der Waals surface area contributed by atoms with E-state index in [2.05, 4.69) is 79.6 Å². The molecule has 21 heavy (non-hydrogen) atoms. The zero-order chi connectivity index (χ0) is 14.9. The summed E-state index contributed by atoms with van der Waals surface area (Å²) in [7, 11) is 0. The second-order valence-electron chi connectivity index (χ2n) is 5.71. The second-order valence-corrected chi connectivity index (χ2v) is 7.54. The summed E-state index contributed by atoms with van der Waals surface area (Å²) in [5, 5.41) is 3.67. The van der Waals surface area contributed by atoms with E-state index in [9.17, 15) is 0 Å². The van der Waals surface area contributed by atoms with Crippen molar-refractivity contribution < 1.29 is 0 Å². The molecule has 1 aliphatic rings. The summed E-state index contributed by atoms with van der Waals surface area (Å²) in [5.74, 6) is 0. The van der Waals surface area contributed by atoms with Crippen molar-refractivity contribution >= 4 is 37.5 Å². The molecule has 0 radical (unpaired) electrons. The molecular weight excluding hydrogens is 392 g/mol. The van der Waals surface area contributed by atoms with Crippen LogP contribution in [0.4, 0.5) is 5.69 Å². The Balaban J connectivity index is 1.85. The fourth-order valence-electron chi connectivity index (χ4n) is 3.00. The Bertz CT molecular complexity index is 640. The number of hydrogen-bond acceptors (Lipinski definition) is 2. The third-order valence-corrected chi connectivity index (χ3v) is 5.24. The van der Waals surface area contributed by atoms with E-state index in [0.29, 0.717) is 6.54 Å². The third kappa shape index (κ3) is 3.33. The van der Waals surface area contributed by atoms with Crippen molar-refractivity contribution in [1.82, 2.24) is 0 Å². The van der Waals surface area contributed by atoms with Gasteiger partial charge in [0.1, 0.15) is 0 Å². The number of nitrogens with one attached hydrogen (secondary N) is 1. The van der Waals surface area contributed by atoms with Crippen molar-refractivity contribution in [2.75, 3.05) is 11.9 Å². The van der Waals surface area contributed by atoms with Crippen molar-refractivity contribution in [3.63, 3.8) is 0 Å². The van der Waals surface area contributed by atoms with Gasteiger partial charge in [0.25, 0.3) is 0 Å². The normalized spacial score (nSPS) is 20.9. The van der Waals surface area contributed by atoms with Crippen molar-refractivity contribution in [3.8, 4) is 0 Å². The highest BCUT2D eigenvalue weighted by molar-refractivity contribution is 9.10. The van der Waals surface area contributed by atoms with Crippen molar-refractivity contribution in [1.29, 1.82) is 0 Å². The van der Waals surface area contributed by atoms with Crippen molar-refractivity contribution in [3.05, 3.63) is 62.5 Å². The topological polar surface area (TPSA) is 38.0 Å². The van der Waals surface area contributed by atoms with Crippen LogP contribution in [0.1, 0.15) is 17.5 Å². The Labute approximate surface area is 142 Å². The van der Waals surface area contributed by atoms with E-state index >= 15 is 0 Å². The molecule has 0 bridgehead atoms. The number of nitrogens with two attached hydrogens (primary N) is 1. The van der Waals surface area contributed by atoms with Gasteiger partial charge in [0, 0.05) is 21.2 Å². The molecule has 0 aliphatic heterocycles. The molecule has 1 unspecified atom stereocenters. The maximum Gasteiger partial charge on any atom is 0.0539 e. The molecule has 0 heterocycles. The molecular formula is C17H18Br2N2. The number of halogens is 2. The SMILES string of the molecule is NCC1(Nc2ccc(Br)cc2)CCc2cc(Br)ccc2C1. The largest absolute Gasteiger partial charge is 0.378 e. The summed E-state index contributed by atoms with van der Waals surface area (Å²) in [6.07, 6.45) is 3.10. The molecule has 110 valence electrons. The van der Waals surface area contributed by atoms with Crippen LogP contribution in [-0.4, -0.2) is 12.1 Å². The minimum absolute atomic E-state index is 0.0470. The lowest BCUT2D eigenvalue weighted by Crippen LogP contribution is -2.49. The van der Waals surface area contributed by atoms with Gasteiger partial charge >= 0.3 is 0 Å². The van der Waals surface area contributed by atoms with Gasteiger partial charge in [-0.05, 0) is 66.8 Å². The highest BCUT2D eigenvalue weighted by Gasteiger charge is 2.33. The molecule has 3 N–H and O–H groups in total. The second kappa shape index (κ2) is 6.11. The van der Waals surface area contributed by atoms with E-state index in [4.69, 9.17) is 5.73 Å². The number of anilines is 1. The Morgan fingerprint density at radius 1 is 1.00 bits per heavy atom. The molecule has 0 saturated carbocycles. The van der Waals surface area contributed by atoms with E-state index in [-0.39, 0.29) is 5.54 Å². The predicted octanol–water partition coefficient (Wildman–Crippen LogP) is 4.51. The van der Waals surface area contributed by atoms with Gasteiger partial charge in [-0.3, -0.25) is 0 Å². The third-order valence-electron chi connectivity index (χ3n) is 4.21. The molecule has 1 aliphatic carbocycles. The molecule has 2 aromatic carbocycles. The molecule has 0 aromatic heterocycles. The van der Waals surface area contributed by atoms with Gasteiger partial charge < -0.3 is 11.1 Å². The first-order chi connectivity index (χ1) is 10.1. The van der Waals surface area contributed by atoms with Crippen LogP contribution in [0.5, 0.6) is 0 Å². The molecule has 0 fully saturated rings. The molecule has 0 spiro atoms. The number of rotatable bonds is 3. The van der Waals surface area contributed by atoms with Crippen LogP contribution in [-0.2, 0) is 12.8 Å². The summed E-state index contributed by atoms with van der Waals surface area (Å²) in [5.41, 5.74) is 10.0. The monoisotopic (exact) mass is 408 g/mol. The Morgan fingerprint density at radius 3 is 2.43 bits per heavy atom. The maximum absolute atomic E-state index is 6.12. The fraction of sp³-hybridized carbons (Fsp3) is 0.294. The summed E-state index contributed by atoms with van der Waals surface area (Å²) < 4.78 is 2.25. The Morgan fingerprint density at radius 2 is 1.71 bits per heavy atom. The van der Waals surface area contributed by atoms with Crippen LogP contribution in [0.25, 0.3) is 0 Å². The lowest BCUT2D eigenvalue weighted by molar-refractivity contribution is 0.417. The molecule has 0 amide bonds. The fourth-order valence-corrected chi connectivity index (χ4v) is 3.67. The van der Waals surface area contributed by atoms with E-state index < -0.39 is 0 Å². The Kier molecular flexibility index (Phi) is 4.38. The molecule has 3 rings (SSSR count). The highest BCUT2D eigenvalue weighted by atomic mass is 79.9. The van der Waals surface area contributed by atoms with E-state index in [1.165, 1.54) is 11.1 Å². The number of benzene rings is 2. The standard InChI is InChI=1S/C17H18Br2N2/c18-14-3-5-16(6-4-14)21-17(11-20)8-7-12-9-15(19)2-1-13(12)10-17/h1-6,9,21H,7-8,10-11,20H2. The van der Waals surface area contributed by atoms with Crippen molar-refractivity contribution in [2.24, 2.45) is 5.73 Å². The number of hydrogen-bond donors (Lipinski definition) is 2. The summed E-state index contributed by atoms with van der Waals surface area (Å²) in [6.45, 7) is 0.637. The molecule has 1 atom stereocenters. The van der Waals surface area contributed by atoms with Gasteiger partial charge in [0.15, 0.2) is 0 Å². The van der Waals surface area contributed by atoms with E-state index in [0.717, 1.165) is 33.9 Å². The number of aryl methyl sites for hydroxylation is 1. The first kappa shape index (κ1) is 15.1. The maximum atomic E-state index is 6.12. The summed E-state index contributed by atoms with van der Waals surface area (Å²) in [4.78, 5) is 0. The summed E-state index contributed by atoms with van der Waals surface area (Å²) >= 11 is 7.02. The molecule has 0 saturated heterocycles. The van der Waals surface area contributed by atoms with Crippen LogP contribution in [0, 0.1) is 0 Å². The van der Waals surface area contributed by atoms with Crippen LogP contribution >= 0.6 is 31.9 Å². The van der Waals surface area contributed by atoms with Gasteiger partial charge in [0.05, 0.1) is 5.54 Å². The zero-order valence-corrected chi connectivity index (χ0v) is 14.9. The minimum Gasteiger partial charge on any atom is -0.378 e. The van der Waals surface area contributed by atoms with Crippen LogP contribution < -0.4 is 11.1 Å². The number of fused-ring (bicyclic) bond motifs is 1. The quantitative estimate of drug-likeness (QED) is 0.782. The minimum atomic E-state index is -0.0470. The summed E-state index contributed by atoms with van der Waals surface area (Å²) in [6, 6.07) is 14.9. The first-order valence-corrected chi connectivity index (χ1v) is 8.70. The smallest absolute Gasteiger partial charge is 0.0539 e. The van der Waals surface area contributed by atoms with Crippen LogP contribution in [0.15, 0.2) is 51.4 Å². The van der Waals surface area contributed by atoms with Gasteiger partial charge in [-0.15, -0.1) is 0 Å². The highest BCUT2D eigenvalue weighted by Crippen LogP contribution is 2.33. The zero-order valence-electron chi connectivity index (χ0n) is 11.7. The first-order valence-electron chi connectivity index (χ1n) is 7.11.